The highest BCUT2D eigenvalue weighted by molar-refractivity contribution is 9.10. The van der Waals surface area contributed by atoms with Crippen LogP contribution in [0.25, 0.3) is 5.57 Å². The third kappa shape index (κ3) is 2.86. The molecule has 0 N–H and O–H groups in total. The molecule has 1 heterocycles. The Kier molecular flexibility index (Phi) is 4.20. The molecule has 0 spiro atoms. The molecule has 0 radical (unpaired) electrons. The third-order valence-electron chi connectivity index (χ3n) is 4.12. The van der Waals surface area contributed by atoms with E-state index in [2.05, 4.69) is 35.0 Å². The molecule has 1 aromatic carbocycles. The molecule has 1 saturated heterocycles. The van der Waals surface area contributed by atoms with Crippen molar-refractivity contribution >= 4 is 27.3 Å². The van der Waals surface area contributed by atoms with Gasteiger partial charge >= 0.3 is 0 Å². The predicted molar refractivity (Wildman–Crippen MR) is 90.4 cm³/mol. The molecule has 1 aliphatic rings. The van der Waals surface area contributed by atoms with Gasteiger partial charge in [0.25, 0.3) is 0 Å². The number of rotatable bonds is 2. The SMILES string of the molecule is CCc1ccc(Br)cc1/C(C)=C1\C(=O)C(C)(C)OC1(C)C. The highest BCUT2D eigenvalue weighted by Crippen LogP contribution is 2.43. The molecule has 2 rings (SSSR count). The predicted octanol–water partition coefficient (Wildman–Crippen LogP) is 4.94. The number of benzene rings is 1. The Morgan fingerprint density at radius 3 is 2.29 bits per heavy atom. The average Bonchev–Trinajstić information content (AvgIpc) is 2.53. The van der Waals surface area contributed by atoms with E-state index in [1.165, 1.54) is 5.56 Å². The molecule has 3 heteroatoms. The molecular formula is C18H23BrO2. The molecular weight excluding hydrogens is 328 g/mol. The first kappa shape index (κ1) is 16.4. The summed E-state index contributed by atoms with van der Waals surface area (Å²) in [5, 5.41) is 0. The highest BCUT2D eigenvalue weighted by atomic mass is 79.9. The Labute approximate surface area is 135 Å². The van der Waals surface area contributed by atoms with Crippen LogP contribution in [-0.2, 0) is 16.0 Å². The van der Waals surface area contributed by atoms with Crippen LogP contribution < -0.4 is 0 Å². The highest BCUT2D eigenvalue weighted by Gasteiger charge is 2.50. The van der Waals surface area contributed by atoms with Crippen LogP contribution in [-0.4, -0.2) is 17.0 Å². The van der Waals surface area contributed by atoms with E-state index in [-0.39, 0.29) is 5.78 Å². The van der Waals surface area contributed by atoms with Crippen LogP contribution in [0.2, 0.25) is 0 Å². The Hall–Kier alpha value is -0.930. The van der Waals surface area contributed by atoms with Gasteiger partial charge in [-0.05, 0) is 69.9 Å². The van der Waals surface area contributed by atoms with Crippen molar-refractivity contribution in [1.29, 1.82) is 0 Å². The number of hydrogen-bond donors (Lipinski definition) is 0. The van der Waals surface area contributed by atoms with Gasteiger partial charge in [0.15, 0.2) is 5.78 Å². The average molecular weight is 351 g/mol. The first-order valence-electron chi connectivity index (χ1n) is 7.35. The zero-order chi connectivity index (χ0) is 16.0. The Balaban J connectivity index is 2.69. The lowest BCUT2D eigenvalue weighted by Crippen LogP contribution is -2.29. The summed E-state index contributed by atoms with van der Waals surface area (Å²) in [5.41, 5.74) is 2.88. The molecule has 0 unspecified atom stereocenters. The molecule has 1 fully saturated rings. The van der Waals surface area contributed by atoms with Gasteiger partial charge in [-0.1, -0.05) is 28.9 Å². The normalized spacial score (nSPS) is 22.5. The number of carbonyl (C=O) groups is 1. The first-order chi connectivity index (χ1) is 9.60. The summed E-state index contributed by atoms with van der Waals surface area (Å²) in [6.07, 6.45) is 0.937. The van der Waals surface area contributed by atoms with Gasteiger partial charge in [-0.2, -0.15) is 0 Å². The maximum Gasteiger partial charge on any atom is 0.193 e. The second kappa shape index (κ2) is 5.36. The van der Waals surface area contributed by atoms with E-state index >= 15 is 0 Å². The molecule has 1 aromatic rings. The Morgan fingerprint density at radius 1 is 1.19 bits per heavy atom. The van der Waals surface area contributed by atoms with E-state index in [1.807, 2.05) is 40.7 Å². The van der Waals surface area contributed by atoms with Gasteiger partial charge in [0.1, 0.15) is 5.60 Å². The molecule has 21 heavy (non-hydrogen) atoms. The van der Waals surface area contributed by atoms with E-state index in [1.54, 1.807) is 0 Å². The summed E-state index contributed by atoms with van der Waals surface area (Å²) in [7, 11) is 0. The molecule has 0 bridgehead atoms. The number of ketones is 1. The van der Waals surface area contributed by atoms with Crippen LogP contribution in [0.4, 0.5) is 0 Å². The second-order valence-electron chi connectivity index (χ2n) is 6.61. The zero-order valence-electron chi connectivity index (χ0n) is 13.6. The van der Waals surface area contributed by atoms with Gasteiger partial charge in [0.2, 0.25) is 0 Å². The second-order valence-corrected chi connectivity index (χ2v) is 7.52. The summed E-state index contributed by atoms with van der Waals surface area (Å²) >= 11 is 3.53. The van der Waals surface area contributed by atoms with Crippen LogP contribution in [0.1, 0.15) is 52.7 Å². The number of allylic oxidation sites excluding steroid dienone is 1. The van der Waals surface area contributed by atoms with Crippen molar-refractivity contribution in [1.82, 2.24) is 0 Å². The van der Waals surface area contributed by atoms with Gasteiger partial charge in [-0.25, -0.2) is 0 Å². The van der Waals surface area contributed by atoms with Crippen molar-refractivity contribution in [2.45, 2.75) is 59.2 Å². The van der Waals surface area contributed by atoms with Crippen molar-refractivity contribution in [3.05, 3.63) is 39.4 Å². The monoisotopic (exact) mass is 350 g/mol. The van der Waals surface area contributed by atoms with Gasteiger partial charge < -0.3 is 4.74 Å². The molecule has 0 aromatic heterocycles. The fourth-order valence-electron chi connectivity index (χ4n) is 3.27. The smallest absolute Gasteiger partial charge is 0.193 e. The Morgan fingerprint density at radius 2 is 1.81 bits per heavy atom. The van der Waals surface area contributed by atoms with Crippen LogP contribution in [0.5, 0.6) is 0 Å². The minimum atomic E-state index is -0.752. The summed E-state index contributed by atoms with van der Waals surface area (Å²) < 4.78 is 7.01. The molecule has 0 amide bonds. The van der Waals surface area contributed by atoms with Crippen molar-refractivity contribution in [2.24, 2.45) is 0 Å². The fraction of sp³-hybridized carbons (Fsp3) is 0.500. The lowest BCUT2D eigenvalue weighted by molar-refractivity contribution is -0.132. The molecule has 0 atom stereocenters. The lowest BCUT2D eigenvalue weighted by atomic mass is 9.85. The summed E-state index contributed by atoms with van der Waals surface area (Å²) in [6.45, 7) is 11.8. The molecule has 0 saturated carbocycles. The van der Waals surface area contributed by atoms with Gasteiger partial charge in [-0.15, -0.1) is 0 Å². The van der Waals surface area contributed by atoms with Crippen molar-refractivity contribution in [3.8, 4) is 0 Å². The van der Waals surface area contributed by atoms with E-state index < -0.39 is 11.2 Å². The maximum atomic E-state index is 12.7. The quantitative estimate of drug-likeness (QED) is 0.706. The van der Waals surface area contributed by atoms with Gasteiger partial charge in [-0.3, -0.25) is 4.79 Å². The molecule has 114 valence electrons. The summed E-state index contributed by atoms with van der Waals surface area (Å²) in [6, 6.07) is 6.25. The zero-order valence-corrected chi connectivity index (χ0v) is 15.2. The van der Waals surface area contributed by atoms with E-state index in [0.29, 0.717) is 0 Å². The number of halogens is 1. The topological polar surface area (TPSA) is 26.3 Å². The maximum absolute atomic E-state index is 12.7. The van der Waals surface area contributed by atoms with E-state index in [4.69, 9.17) is 4.74 Å². The van der Waals surface area contributed by atoms with Crippen LogP contribution in [0, 0.1) is 0 Å². The number of carbonyl (C=O) groups excluding carboxylic acids is 1. The number of ether oxygens (including phenoxy) is 1. The lowest BCUT2D eigenvalue weighted by Gasteiger charge is -2.23. The van der Waals surface area contributed by atoms with E-state index in [9.17, 15) is 4.79 Å². The standard InChI is InChI=1S/C18H23BrO2/c1-7-12-8-9-13(19)10-14(12)11(2)15-16(20)18(5,6)21-17(15,3)4/h8-10H,7H2,1-6H3/b15-11+. The van der Waals surface area contributed by atoms with Gasteiger partial charge in [0, 0.05) is 10.0 Å². The largest absolute Gasteiger partial charge is 0.357 e. The fourth-order valence-corrected chi connectivity index (χ4v) is 3.63. The van der Waals surface area contributed by atoms with Gasteiger partial charge in [0.05, 0.1) is 5.60 Å². The van der Waals surface area contributed by atoms with Crippen LogP contribution >= 0.6 is 15.9 Å². The third-order valence-corrected chi connectivity index (χ3v) is 4.61. The first-order valence-corrected chi connectivity index (χ1v) is 8.14. The van der Waals surface area contributed by atoms with Crippen LogP contribution in [0.3, 0.4) is 0 Å². The van der Waals surface area contributed by atoms with E-state index in [0.717, 1.165) is 27.6 Å². The van der Waals surface area contributed by atoms with Crippen LogP contribution in [0.15, 0.2) is 28.2 Å². The molecule has 0 aliphatic carbocycles. The van der Waals surface area contributed by atoms with Crippen molar-refractivity contribution < 1.29 is 9.53 Å². The minimum absolute atomic E-state index is 0.0898. The molecule has 1 aliphatic heterocycles. The number of Topliss-reactive ketones (excluding diaryl/α,β-unsaturated/α-hetero) is 1. The summed E-state index contributed by atoms with van der Waals surface area (Å²) in [4.78, 5) is 12.7. The number of aryl methyl sites for hydroxylation is 1. The summed E-state index contributed by atoms with van der Waals surface area (Å²) in [5.74, 6) is 0.0898. The number of hydrogen-bond acceptors (Lipinski definition) is 2. The minimum Gasteiger partial charge on any atom is -0.357 e. The van der Waals surface area contributed by atoms with Crippen molar-refractivity contribution in [3.63, 3.8) is 0 Å². The Bertz CT molecular complexity index is 624. The van der Waals surface area contributed by atoms with Crippen molar-refractivity contribution in [2.75, 3.05) is 0 Å². The molecule has 2 nitrogen and oxygen atoms in total.